The van der Waals surface area contributed by atoms with Gasteiger partial charge in [-0.2, -0.15) is 0 Å². The minimum Gasteiger partial charge on any atom is -0.352 e. The summed E-state index contributed by atoms with van der Waals surface area (Å²) in [6.07, 6.45) is 8.52. The summed E-state index contributed by atoms with van der Waals surface area (Å²) in [5.74, 6) is 1.18. The zero-order chi connectivity index (χ0) is 20.8. The summed E-state index contributed by atoms with van der Waals surface area (Å²) in [7, 11) is 0. The molecule has 1 amide bonds. The van der Waals surface area contributed by atoms with Gasteiger partial charge >= 0.3 is 0 Å². The van der Waals surface area contributed by atoms with Crippen LogP contribution in [0.3, 0.4) is 0 Å². The molecule has 1 saturated carbocycles. The fourth-order valence-electron chi connectivity index (χ4n) is 3.97. The van der Waals surface area contributed by atoms with Crippen molar-refractivity contribution < 1.29 is 4.79 Å². The molecule has 28 heavy (non-hydrogen) atoms. The van der Waals surface area contributed by atoms with Crippen molar-refractivity contribution in [2.75, 3.05) is 13.1 Å². The highest BCUT2D eigenvalue weighted by atomic mass is 16.1. The summed E-state index contributed by atoms with van der Waals surface area (Å²) in [5, 5.41) is 3.13. The van der Waals surface area contributed by atoms with Crippen LogP contribution in [0.1, 0.15) is 90.7 Å². The van der Waals surface area contributed by atoms with Gasteiger partial charge in [0.2, 0.25) is 5.91 Å². The van der Waals surface area contributed by atoms with Crippen LogP contribution in [0.15, 0.2) is 24.3 Å². The summed E-state index contributed by atoms with van der Waals surface area (Å²) in [4.78, 5) is 14.8. The van der Waals surface area contributed by atoms with E-state index in [0.717, 1.165) is 19.4 Å². The fraction of sp³-hybridized carbons (Fsp3) is 0.720. The fourth-order valence-corrected chi connectivity index (χ4v) is 3.97. The van der Waals surface area contributed by atoms with Crippen LogP contribution >= 0.6 is 0 Å². The maximum absolute atomic E-state index is 12.3. The average Bonchev–Trinajstić information content (AvgIpc) is 3.22. The first-order valence-electron chi connectivity index (χ1n) is 11.7. The van der Waals surface area contributed by atoms with Crippen LogP contribution in [0.2, 0.25) is 0 Å². The molecular formula is C25H44N2O. The molecule has 0 aromatic heterocycles. The molecule has 0 radical (unpaired) electrons. The van der Waals surface area contributed by atoms with E-state index >= 15 is 0 Å². The lowest BCUT2D eigenvalue weighted by molar-refractivity contribution is -0.126. The molecule has 0 bridgehead atoms. The lowest BCUT2D eigenvalue weighted by Crippen LogP contribution is -2.33. The summed E-state index contributed by atoms with van der Waals surface area (Å²) in [5.41, 5.74) is 2.58. The van der Waals surface area contributed by atoms with Gasteiger partial charge in [-0.15, -0.1) is 0 Å². The van der Waals surface area contributed by atoms with Gasteiger partial charge in [0.25, 0.3) is 0 Å². The maximum atomic E-state index is 12.3. The maximum Gasteiger partial charge on any atom is 0.223 e. The van der Waals surface area contributed by atoms with Gasteiger partial charge in [0.05, 0.1) is 0 Å². The zero-order valence-corrected chi connectivity index (χ0v) is 19.1. The molecule has 1 heterocycles. The van der Waals surface area contributed by atoms with Crippen molar-refractivity contribution in [3.63, 3.8) is 0 Å². The Morgan fingerprint density at radius 1 is 1.00 bits per heavy atom. The second-order valence-corrected chi connectivity index (χ2v) is 8.19. The molecule has 160 valence electrons. The number of benzene rings is 1. The number of hydrogen-bond acceptors (Lipinski definition) is 2. The van der Waals surface area contributed by atoms with E-state index in [-0.39, 0.29) is 11.8 Å². The molecular weight excluding hydrogens is 344 g/mol. The van der Waals surface area contributed by atoms with Crippen LogP contribution in [0.5, 0.6) is 0 Å². The molecule has 1 N–H and O–H groups in total. The largest absolute Gasteiger partial charge is 0.352 e. The van der Waals surface area contributed by atoms with Gasteiger partial charge in [-0.3, -0.25) is 9.69 Å². The van der Waals surface area contributed by atoms with Crippen molar-refractivity contribution in [3.05, 3.63) is 35.4 Å². The van der Waals surface area contributed by atoms with Crippen LogP contribution in [0, 0.1) is 11.8 Å². The van der Waals surface area contributed by atoms with E-state index < -0.39 is 0 Å². The number of hydrogen-bond donors (Lipinski definition) is 1. The van der Waals surface area contributed by atoms with Gasteiger partial charge in [-0.05, 0) is 55.8 Å². The van der Waals surface area contributed by atoms with E-state index in [0.29, 0.717) is 12.5 Å². The predicted octanol–water partition coefficient (Wildman–Crippen LogP) is 6.17. The van der Waals surface area contributed by atoms with Crippen LogP contribution in [-0.2, 0) is 17.9 Å². The summed E-state index contributed by atoms with van der Waals surface area (Å²) >= 11 is 0. The number of carbonyl (C=O) groups is 1. The molecule has 2 unspecified atom stereocenters. The van der Waals surface area contributed by atoms with Crippen LogP contribution < -0.4 is 5.32 Å². The Morgan fingerprint density at radius 3 is 2.14 bits per heavy atom. The Kier molecular flexibility index (Phi) is 12.9. The third-order valence-corrected chi connectivity index (χ3v) is 5.40. The van der Waals surface area contributed by atoms with Gasteiger partial charge in [-0.1, -0.05) is 78.1 Å². The molecule has 2 atom stereocenters. The highest BCUT2D eigenvalue weighted by Crippen LogP contribution is 2.28. The van der Waals surface area contributed by atoms with Crippen molar-refractivity contribution >= 4 is 5.91 Å². The Hall–Kier alpha value is -1.35. The van der Waals surface area contributed by atoms with E-state index in [1.165, 1.54) is 56.3 Å². The van der Waals surface area contributed by atoms with Crippen LogP contribution in [-0.4, -0.2) is 23.9 Å². The van der Waals surface area contributed by atoms with Crippen molar-refractivity contribution in [2.45, 2.75) is 92.7 Å². The third kappa shape index (κ3) is 9.23. The quantitative estimate of drug-likeness (QED) is 0.654. The first-order valence-corrected chi connectivity index (χ1v) is 11.7. The van der Waals surface area contributed by atoms with E-state index in [1.54, 1.807) is 0 Å². The SMILES string of the molecule is CC.CC1CCCC(C(=O)NCc2ccc(CN3CCCC3)cc2)C1.CCC. The van der Waals surface area contributed by atoms with Gasteiger partial charge in [0.15, 0.2) is 0 Å². The smallest absolute Gasteiger partial charge is 0.223 e. The highest BCUT2D eigenvalue weighted by molar-refractivity contribution is 5.78. The molecule has 3 nitrogen and oxygen atoms in total. The molecule has 2 aliphatic rings. The van der Waals surface area contributed by atoms with Gasteiger partial charge < -0.3 is 5.32 Å². The topological polar surface area (TPSA) is 32.3 Å². The lowest BCUT2D eigenvalue weighted by Gasteiger charge is -2.25. The van der Waals surface area contributed by atoms with Crippen molar-refractivity contribution in [1.82, 2.24) is 10.2 Å². The summed E-state index contributed by atoms with van der Waals surface area (Å²) in [6, 6.07) is 8.75. The molecule has 3 rings (SSSR count). The van der Waals surface area contributed by atoms with Crippen LogP contribution in [0.4, 0.5) is 0 Å². The minimum atomic E-state index is 0.230. The van der Waals surface area contributed by atoms with E-state index in [1.807, 2.05) is 13.8 Å². The first kappa shape index (κ1) is 24.7. The van der Waals surface area contributed by atoms with E-state index in [9.17, 15) is 4.79 Å². The molecule has 0 spiro atoms. The van der Waals surface area contributed by atoms with Gasteiger partial charge in [0, 0.05) is 19.0 Å². The first-order chi connectivity index (χ1) is 13.6. The van der Waals surface area contributed by atoms with Crippen molar-refractivity contribution in [1.29, 1.82) is 0 Å². The molecule has 2 fully saturated rings. The van der Waals surface area contributed by atoms with Gasteiger partial charge in [-0.25, -0.2) is 0 Å². The standard InChI is InChI=1S/C20H30N2O.C3H8.C2H6/c1-16-5-4-6-19(13-16)20(23)21-14-17-7-9-18(10-8-17)15-22-11-2-3-12-22;1-3-2;1-2/h7-10,16,19H,2-6,11-15H2,1H3,(H,21,23);3H2,1-2H3;1-2H3. The summed E-state index contributed by atoms with van der Waals surface area (Å²) in [6.45, 7) is 14.7. The molecule has 1 saturated heterocycles. The Morgan fingerprint density at radius 2 is 1.57 bits per heavy atom. The Balaban J connectivity index is 0.000000717. The van der Waals surface area contributed by atoms with Gasteiger partial charge in [0.1, 0.15) is 0 Å². The molecule has 1 aliphatic heterocycles. The monoisotopic (exact) mass is 388 g/mol. The van der Waals surface area contributed by atoms with Crippen molar-refractivity contribution in [2.24, 2.45) is 11.8 Å². The third-order valence-electron chi connectivity index (χ3n) is 5.40. The van der Waals surface area contributed by atoms with E-state index in [4.69, 9.17) is 0 Å². The van der Waals surface area contributed by atoms with Crippen molar-refractivity contribution in [3.8, 4) is 0 Å². The number of nitrogens with one attached hydrogen (secondary N) is 1. The second kappa shape index (κ2) is 14.6. The Bertz CT molecular complexity index is 520. The zero-order valence-electron chi connectivity index (χ0n) is 19.1. The summed E-state index contributed by atoms with van der Waals surface area (Å²) < 4.78 is 0. The molecule has 1 aromatic carbocycles. The Labute approximate surface area is 174 Å². The second-order valence-electron chi connectivity index (χ2n) is 8.19. The number of carbonyl (C=O) groups excluding carboxylic acids is 1. The normalized spacial score (nSPS) is 21.8. The molecule has 3 heteroatoms. The molecule has 1 aromatic rings. The predicted molar refractivity (Wildman–Crippen MR) is 121 cm³/mol. The number of amides is 1. The average molecular weight is 389 g/mol. The number of rotatable bonds is 5. The van der Waals surface area contributed by atoms with Crippen LogP contribution in [0.25, 0.3) is 0 Å². The van der Waals surface area contributed by atoms with E-state index in [2.05, 4.69) is 55.3 Å². The minimum absolute atomic E-state index is 0.230. The number of nitrogens with zero attached hydrogens (tertiary/aromatic N) is 1. The molecule has 1 aliphatic carbocycles. The number of likely N-dealkylation sites (tertiary alicyclic amines) is 1. The lowest BCUT2D eigenvalue weighted by atomic mass is 9.82. The highest BCUT2D eigenvalue weighted by Gasteiger charge is 2.24.